The van der Waals surface area contributed by atoms with Crippen molar-refractivity contribution >= 4 is 17.4 Å². The Morgan fingerprint density at radius 1 is 0.846 bits per heavy atom. The Labute approximate surface area is 156 Å². The van der Waals surface area contributed by atoms with E-state index >= 15 is 0 Å². The molecule has 0 bridgehead atoms. The summed E-state index contributed by atoms with van der Waals surface area (Å²) < 4.78 is 1.74. The highest BCUT2D eigenvalue weighted by molar-refractivity contribution is 6.31. The lowest BCUT2D eigenvalue weighted by atomic mass is 10.0. The van der Waals surface area contributed by atoms with Crippen molar-refractivity contribution in [1.29, 1.82) is 0 Å². The molecule has 0 radical (unpaired) electrons. The molecule has 0 aliphatic rings. The van der Waals surface area contributed by atoms with E-state index in [1.165, 1.54) is 0 Å². The summed E-state index contributed by atoms with van der Waals surface area (Å²) >= 11 is 6.06. The summed E-state index contributed by atoms with van der Waals surface area (Å²) in [7, 11) is 0. The van der Waals surface area contributed by atoms with Crippen LogP contribution in [0.15, 0.2) is 91.1 Å². The minimum atomic E-state index is -0.103. The van der Waals surface area contributed by atoms with Gasteiger partial charge in [0, 0.05) is 22.3 Å². The summed E-state index contributed by atoms with van der Waals surface area (Å²) in [5.74, 6) is -0.103. The van der Waals surface area contributed by atoms with Gasteiger partial charge in [0.25, 0.3) is 0 Å². The zero-order chi connectivity index (χ0) is 17.9. The first-order valence-electron chi connectivity index (χ1n) is 8.23. The fourth-order valence-corrected chi connectivity index (χ4v) is 3.04. The van der Waals surface area contributed by atoms with Crippen LogP contribution in [0.2, 0.25) is 5.02 Å². The summed E-state index contributed by atoms with van der Waals surface area (Å²) in [5, 5.41) is 5.22. The third kappa shape index (κ3) is 3.17. The lowest BCUT2D eigenvalue weighted by Gasteiger charge is -2.02. The highest BCUT2D eigenvalue weighted by Crippen LogP contribution is 2.26. The molecule has 0 saturated carbocycles. The van der Waals surface area contributed by atoms with Crippen LogP contribution in [0.25, 0.3) is 16.9 Å². The van der Waals surface area contributed by atoms with Crippen molar-refractivity contribution < 1.29 is 4.79 Å². The second kappa shape index (κ2) is 6.98. The standard InChI is InChI=1S/C22H15ClN2O/c23-18-11-7-10-17(14-18)22(26)20-15-25(19-12-5-2-6-13-19)24-21(20)16-8-3-1-4-9-16/h1-15H. The number of hydrogen-bond acceptors (Lipinski definition) is 2. The second-order valence-electron chi connectivity index (χ2n) is 5.88. The zero-order valence-corrected chi connectivity index (χ0v) is 14.6. The van der Waals surface area contributed by atoms with E-state index in [9.17, 15) is 4.79 Å². The number of rotatable bonds is 4. The average molecular weight is 359 g/mol. The molecular weight excluding hydrogens is 344 g/mol. The monoisotopic (exact) mass is 358 g/mol. The maximum absolute atomic E-state index is 13.1. The van der Waals surface area contributed by atoms with Crippen LogP contribution in [0.3, 0.4) is 0 Å². The van der Waals surface area contributed by atoms with Crippen LogP contribution in [0, 0.1) is 0 Å². The predicted molar refractivity (Wildman–Crippen MR) is 104 cm³/mol. The summed E-state index contributed by atoms with van der Waals surface area (Å²) in [5.41, 5.74) is 3.53. The molecule has 0 atom stereocenters. The topological polar surface area (TPSA) is 34.9 Å². The summed E-state index contributed by atoms with van der Waals surface area (Å²) in [6.45, 7) is 0. The van der Waals surface area contributed by atoms with Crippen LogP contribution in [0.1, 0.15) is 15.9 Å². The van der Waals surface area contributed by atoms with Gasteiger partial charge in [0.15, 0.2) is 5.78 Å². The van der Waals surface area contributed by atoms with Gasteiger partial charge in [0.2, 0.25) is 0 Å². The van der Waals surface area contributed by atoms with E-state index < -0.39 is 0 Å². The SMILES string of the molecule is O=C(c1cccc(Cl)c1)c1cn(-c2ccccc2)nc1-c1ccccc1. The number of ketones is 1. The Hall–Kier alpha value is -3.17. The van der Waals surface area contributed by atoms with E-state index in [1.54, 1.807) is 35.1 Å². The quantitative estimate of drug-likeness (QED) is 0.456. The summed E-state index contributed by atoms with van der Waals surface area (Å²) in [6.07, 6.45) is 1.78. The van der Waals surface area contributed by atoms with E-state index in [0.717, 1.165) is 11.3 Å². The highest BCUT2D eigenvalue weighted by Gasteiger charge is 2.20. The Morgan fingerprint density at radius 3 is 2.23 bits per heavy atom. The van der Waals surface area contributed by atoms with Gasteiger partial charge in [-0.15, -0.1) is 0 Å². The van der Waals surface area contributed by atoms with E-state index in [0.29, 0.717) is 21.8 Å². The fraction of sp³-hybridized carbons (Fsp3) is 0. The van der Waals surface area contributed by atoms with Gasteiger partial charge in [0.1, 0.15) is 5.69 Å². The van der Waals surface area contributed by atoms with Gasteiger partial charge in [-0.25, -0.2) is 4.68 Å². The first kappa shape index (κ1) is 16.3. The van der Waals surface area contributed by atoms with Crippen molar-refractivity contribution in [3.8, 4) is 16.9 Å². The maximum atomic E-state index is 13.1. The number of benzene rings is 3. The van der Waals surface area contributed by atoms with Crippen LogP contribution in [-0.4, -0.2) is 15.6 Å². The van der Waals surface area contributed by atoms with E-state index in [2.05, 4.69) is 5.10 Å². The van der Waals surface area contributed by atoms with Gasteiger partial charge < -0.3 is 0 Å². The van der Waals surface area contributed by atoms with Crippen molar-refractivity contribution in [2.45, 2.75) is 0 Å². The largest absolute Gasteiger partial charge is 0.288 e. The average Bonchev–Trinajstić information content (AvgIpc) is 3.14. The molecule has 0 saturated heterocycles. The minimum Gasteiger partial charge on any atom is -0.288 e. The molecule has 126 valence electrons. The number of para-hydroxylation sites is 1. The number of carbonyl (C=O) groups excluding carboxylic acids is 1. The van der Waals surface area contributed by atoms with E-state index in [4.69, 9.17) is 11.6 Å². The van der Waals surface area contributed by atoms with Gasteiger partial charge in [-0.1, -0.05) is 72.3 Å². The normalized spacial score (nSPS) is 10.7. The molecule has 0 unspecified atom stereocenters. The Bertz CT molecular complexity index is 1060. The molecule has 3 aromatic carbocycles. The number of aromatic nitrogens is 2. The molecule has 0 amide bonds. The first-order chi connectivity index (χ1) is 12.7. The maximum Gasteiger partial charge on any atom is 0.196 e. The predicted octanol–water partition coefficient (Wildman–Crippen LogP) is 5.42. The molecule has 26 heavy (non-hydrogen) atoms. The van der Waals surface area contributed by atoms with Crippen molar-refractivity contribution in [1.82, 2.24) is 9.78 Å². The Kier molecular flexibility index (Phi) is 4.38. The van der Waals surface area contributed by atoms with Crippen LogP contribution < -0.4 is 0 Å². The fourth-order valence-electron chi connectivity index (χ4n) is 2.85. The minimum absolute atomic E-state index is 0.103. The molecule has 0 spiro atoms. The first-order valence-corrected chi connectivity index (χ1v) is 8.61. The van der Waals surface area contributed by atoms with Crippen molar-refractivity contribution in [3.63, 3.8) is 0 Å². The summed E-state index contributed by atoms with van der Waals surface area (Å²) in [4.78, 5) is 13.1. The molecule has 4 rings (SSSR count). The van der Waals surface area contributed by atoms with Gasteiger partial charge in [-0.3, -0.25) is 4.79 Å². The number of halogens is 1. The molecular formula is C22H15ClN2O. The third-order valence-electron chi connectivity index (χ3n) is 4.11. The Balaban J connectivity index is 1.87. The van der Waals surface area contributed by atoms with Crippen LogP contribution in [0.5, 0.6) is 0 Å². The van der Waals surface area contributed by atoms with Gasteiger partial charge >= 0.3 is 0 Å². The molecule has 0 aliphatic carbocycles. The molecule has 1 aromatic heterocycles. The van der Waals surface area contributed by atoms with E-state index in [-0.39, 0.29) is 5.78 Å². The molecule has 0 fully saturated rings. The second-order valence-corrected chi connectivity index (χ2v) is 6.31. The Morgan fingerprint density at radius 2 is 1.54 bits per heavy atom. The van der Waals surface area contributed by atoms with Crippen LogP contribution in [-0.2, 0) is 0 Å². The number of carbonyl (C=O) groups is 1. The molecule has 0 N–H and O–H groups in total. The third-order valence-corrected chi connectivity index (χ3v) is 4.35. The van der Waals surface area contributed by atoms with Gasteiger partial charge in [-0.2, -0.15) is 5.10 Å². The van der Waals surface area contributed by atoms with Crippen molar-refractivity contribution in [3.05, 3.63) is 107 Å². The number of hydrogen-bond donors (Lipinski definition) is 0. The molecule has 4 heteroatoms. The van der Waals surface area contributed by atoms with Crippen molar-refractivity contribution in [2.24, 2.45) is 0 Å². The zero-order valence-electron chi connectivity index (χ0n) is 13.8. The molecule has 1 heterocycles. The lowest BCUT2D eigenvalue weighted by Crippen LogP contribution is -2.01. The van der Waals surface area contributed by atoms with Crippen molar-refractivity contribution in [2.75, 3.05) is 0 Å². The van der Waals surface area contributed by atoms with E-state index in [1.807, 2.05) is 60.7 Å². The molecule has 0 aliphatic heterocycles. The van der Waals surface area contributed by atoms with Gasteiger partial charge in [-0.05, 0) is 24.3 Å². The smallest absolute Gasteiger partial charge is 0.196 e. The molecule has 4 aromatic rings. The van der Waals surface area contributed by atoms with Gasteiger partial charge in [0.05, 0.1) is 11.3 Å². The highest BCUT2D eigenvalue weighted by atomic mass is 35.5. The molecule has 3 nitrogen and oxygen atoms in total. The van der Waals surface area contributed by atoms with Crippen LogP contribution >= 0.6 is 11.6 Å². The van der Waals surface area contributed by atoms with Crippen LogP contribution in [0.4, 0.5) is 0 Å². The lowest BCUT2D eigenvalue weighted by molar-refractivity contribution is 0.103. The number of nitrogens with zero attached hydrogens (tertiary/aromatic N) is 2. The summed E-state index contributed by atoms with van der Waals surface area (Å²) in [6, 6.07) is 26.4.